The molecule has 1 aromatic carbocycles. The molecule has 1 saturated heterocycles. The number of rotatable bonds is 3. The minimum absolute atomic E-state index is 0.0192. The van der Waals surface area contributed by atoms with E-state index in [4.69, 9.17) is 13.9 Å². The number of carbonyl (C=O) groups is 1. The minimum Gasteiger partial charge on any atom is -0.496 e. The Morgan fingerprint density at radius 2 is 2.00 bits per heavy atom. The number of hydrogen-bond acceptors (Lipinski definition) is 5. The van der Waals surface area contributed by atoms with Gasteiger partial charge in [-0.2, -0.15) is 0 Å². The predicted molar refractivity (Wildman–Crippen MR) is 106 cm³/mol. The maximum Gasteiger partial charge on any atom is 0.340 e. The topological polar surface area (TPSA) is 69.0 Å². The van der Waals surface area contributed by atoms with Crippen LogP contribution in [0.1, 0.15) is 49.8 Å². The third-order valence-corrected chi connectivity index (χ3v) is 5.95. The van der Waals surface area contributed by atoms with Gasteiger partial charge in [0.1, 0.15) is 22.7 Å². The van der Waals surface area contributed by atoms with Crippen molar-refractivity contribution in [3.8, 4) is 11.5 Å². The average molecular weight is 385 g/mol. The van der Waals surface area contributed by atoms with Gasteiger partial charge >= 0.3 is 5.63 Å². The summed E-state index contributed by atoms with van der Waals surface area (Å²) in [6, 6.07) is 1.87. The van der Waals surface area contributed by atoms with E-state index >= 15 is 0 Å². The number of fused-ring (bicyclic) bond motifs is 3. The summed E-state index contributed by atoms with van der Waals surface area (Å²) in [6.07, 6.45) is 3.70. The van der Waals surface area contributed by atoms with Gasteiger partial charge in [-0.3, -0.25) is 4.79 Å². The van der Waals surface area contributed by atoms with E-state index in [0.717, 1.165) is 55.3 Å². The van der Waals surface area contributed by atoms with Crippen molar-refractivity contribution in [3.63, 3.8) is 0 Å². The zero-order valence-corrected chi connectivity index (χ0v) is 17.0. The summed E-state index contributed by atoms with van der Waals surface area (Å²) in [5.41, 5.74) is 1.86. The van der Waals surface area contributed by atoms with Crippen molar-refractivity contribution < 1.29 is 18.7 Å². The van der Waals surface area contributed by atoms with E-state index in [1.54, 1.807) is 7.11 Å². The molecule has 2 aliphatic heterocycles. The summed E-state index contributed by atoms with van der Waals surface area (Å²) in [4.78, 5) is 27.2. The van der Waals surface area contributed by atoms with E-state index in [1.165, 1.54) is 0 Å². The molecule has 1 fully saturated rings. The minimum atomic E-state index is -0.446. The van der Waals surface area contributed by atoms with E-state index in [-0.39, 0.29) is 17.9 Å². The first-order chi connectivity index (χ1) is 13.3. The number of amides is 1. The maximum atomic E-state index is 12.8. The molecule has 0 aliphatic carbocycles. The molecule has 0 saturated carbocycles. The van der Waals surface area contributed by atoms with E-state index in [1.807, 2.05) is 31.7 Å². The molecule has 1 amide bonds. The molecule has 0 atom stereocenters. The zero-order chi connectivity index (χ0) is 20.1. The number of ether oxygens (including phenoxy) is 2. The van der Waals surface area contributed by atoms with Gasteiger partial charge in [0.2, 0.25) is 5.91 Å². The highest BCUT2D eigenvalue weighted by Gasteiger charge is 2.31. The number of likely N-dealkylation sites (tertiary alicyclic amines) is 1. The van der Waals surface area contributed by atoms with E-state index in [9.17, 15) is 9.59 Å². The molecule has 2 aliphatic rings. The van der Waals surface area contributed by atoms with Crippen LogP contribution in [0.3, 0.4) is 0 Å². The van der Waals surface area contributed by atoms with E-state index in [0.29, 0.717) is 22.6 Å². The number of aryl methyl sites for hydroxylation is 2. The second kappa shape index (κ2) is 6.83. The van der Waals surface area contributed by atoms with Gasteiger partial charge in [0.25, 0.3) is 0 Å². The van der Waals surface area contributed by atoms with Crippen LogP contribution in [0.5, 0.6) is 11.5 Å². The van der Waals surface area contributed by atoms with Crippen LogP contribution >= 0.6 is 0 Å². The molecule has 4 rings (SSSR count). The molecule has 3 heterocycles. The molecule has 28 heavy (non-hydrogen) atoms. The fraction of sp³-hybridized carbons (Fsp3) is 0.545. The van der Waals surface area contributed by atoms with Crippen LogP contribution < -0.4 is 15.1 Å². The van der Waals surface area contributed by atoms with Crippen molar-refractivity contribution in [1.82, 2.24) is 4.90 Å². The van der Waals surface area contributed by atoms with Crippen molar-refractivity contribution in [1.29, 1.82) is 0 Å². The molecule has 2 aromatic rings. The van der Waals surface area contributed by atoms with Crippen LogP contribution in [0.4, 0.5) is 0 Å². The lowest BCUT2D eigenvalue weighted by molar-refractivity contribution is -0.129. The number of methoxy groups -OCH3 is 1. The van der Waals surface area contributed by atoms with Crippen molar-refractivity contribution in [3.05, 3.63) is 33.2 Å². The van der Waals surface area contributed by atoms with Crippen LogP contribution in [0.25, 0.3) is 11.0 Å². The monoisotopic (exact) mass is 385 g/mol. The number of carbonyl (C=O) groups excluding carboxylic acids is 1. The molecule has 0 spiro atoms. The van der Waals surface area contributed by atoms with Crippen molar-refractivity contribution in [2.45, 2.75) is 58.5 Å². The second-order valence-electron chi connectivity index (χ2n) is 8.38. The fourth-order valence-corrected chi connectivity index (χ4v) is 4.28. The highest BCUT2D eigenvalue weighted by molar-refractivity contribution is 5.93. The van der Waals surface area contributed by atoms with Crippen LogP contribution in [-0.2, 0) is 17.6 Å². The van der Waals surface area contributed by atoms with Gasteiger partial charge in [0.05, 0.1) is 24.5 Å². The SMILES string of the molecule is COc1cc2c(c3oc(=O)c(CC(=O)N4CCCC4)c(C)c13)CCC(C)(C)O2. The van der Waals surface area contributed by atoms with Gasteiger partial charge in [-0.1, -0.05) is 0 Å². The Morgan fingerprint density at radius 3 is 2.68 bits per heavy atom. The largest absolute Gasteiger partial charge is 0.496 e. The van der Waals surface area contributed by atoms with Gasteiger partial charge in [0.15, 0.2) is 0 Å². The van der Waals surface area contributed by atoms with Crippen molar-refractivity contribution >= 4 is 16.9 Å². The smallest absolute Gasteiger partial charge is 0.340 e. The maximum absolute atomic E-state index is 12.8. The highest BCUT2D eigenvalue weighted by atomic mass is 16.5. The number of nitrogens with zero attached hydrogens (tertiary/aromatic N) is 1. The molecule has 150 valence electrons. The first-order valence-corrected chi connectivity index (χ1v) is 9.93. The Hall–Kier alpha value is -2.50. The fourth-order valence-electron chi connectivity index (χ4n) is 4.28. The molecule has 6 heteroatoms. The summed E-state index contributed by atoms with van der Waals surface area (Å²) in [5, 5.41) is 0.758. The van der Waals surface area contributed by atoms with Gasteiger partial charge in [0, 0.05) is 24.7 Å². The third-order valence-electron chi connectivity index (χ3n) is 5.95. The lowest BCUT2D eigenvalue weighted by Crippen LogP contribution is -2.33. The average Bonchev–Trinajstić information content (AvgIpc) is 3.17. The van der Waals surface area contributed by atoms with E-state index in [2.05, 4.69) is 0 Å². The van der Waals surface area contributed by atoms with Crippen LogP contribution in [0, 0.1) is 6.92 Å². The normalized spacial score (nSPS) is 18.1. The molecular weight excluding hydrogens is 358 g/mol. The first-order valence-electron chi connectivity index (χ1n) is 9.93. The molecule has 0 unspecified atom stereocenters. The third kappa shape index (κ3) is 3.15. The van der Waals surface area contributed by atoms with Gasteiger partial charge < -0.3 is 18.8 Å². The predicted octanol–water partition coefficient (Wildman–Crippen LogP) is 3.38. The highest BCUT2D eigenvalue weighted by Crippen LogP contribution is 2.43. The van der Waals surface area contributed by atoms with Crippen molar-refractivity contribution in [2.75, 3.05) is 20.2 Å². The summed E-state index contributed by atoms with van der Waals surface area (Å²) in [5.74, 6) is 1.28. The molecule has 0 radical (unpaired) electrons. The molecule has 0 bridgehead atoms. The summed E-state index contributed by atoms with van der Waals surface area (Å²) >= 11 is 0. The molecular formula is C22H27NO5. The number of benzene rings is 1. The van der Waals surface area contributed by atoms with Gasteiger partial charge in [-0.25, -0.2) is 4.79 Å². The Bertz CT molecular complexity index is 998. The van der Waals surface area contributed by atoms with Crippen LogP contribution in [-0.4, -0.2) is 36.6 Å². The zero-order valence-electron chi connectivity index (χ0n) is 17.0. The second-order valence-corrected chi connectivity index (χ2v) is 8.38. The summed E-state index contributed by atoms with van der Waals surface area (Å²) in [6.45, 7) is 7.48. The first kappa shape index (κ1) is 18.8. The summed E-state index contributed by atoms with van der Waals surface area (Å²) < 4.78 is 17.5. The quantitative estimate of drug-likeness (QED) is 0.758. The van der Waals surface area contributed by atoms with Crippen LogP contribution in [0.2, 0.25) is 0 Å². The van der Waals surface area contributed by atoms with E-state index < -0.39 is 5.63 Å². The molecule has 0 N–H and O–H groups in total. The number of hydrogen-bond donors (Lipinski definition) is 0. The van der Waals surface area contributed by atoms with Crippen molar-refractivity contribution in [2.24, 2.45) is 0 Å². The molecule has 1 aromatic heterocycles. The Balaban J connectivity index is 1.84. The Kier molecular flexibility index (Phi) is 4.60. The summed E-state index contributed by atoms with van der Waals surface area (Å²) in [7, 11) is 1.59. The Morgan fingerprint density at radius 1 is 1.29 bits per heavy atom. The van der Waals surface area contributed by atoms with Gasteiger partial charge in [-0.05, 0) is 52.0 Å². The van der Waals surface area contributed by atoms with Crippen LogP contribution in [0.15, 0.2) is 15.3 Å². The lowest BCUT2D eigenvalue weighted by Gasteiger charge is -2.33. The lowest BCUT2D eigenvalue weighted by atomic mass is 9.91. The van der Waals surface area contributed by atoms with Gasteiger partial charge in [-0.15, -0.1) is 0 Å². The molecule has 6 nitrogen and oxygen atoms in total. The standard InChI is InChI=1S/C22H27NO5/c1-13-15(11-18(24)23-9-5-6-10-23)21(25)27-20-14-7-8-22(2,3)28-16(14)12-17(26-4)19(13)20/h12H,5-11H2,1-4H3. The Labute approximate surface area is 164 Å².